The molecule has 2 aromatic rings. The maximum absolute atomic E-state index is 13.8. The summed E-state index contributed by atoms with van der Waals surface area (Å²) in [6.07, 6.45) is 0. The molecule has 0 saturated carbocycles. The van der Waals surface area contributed by atoms with Crippen molar-refractivity contribution in [3.05, 3.63) is 58.4 Å². The highest BCUT2D eigenvalue weighted by atomic mass is 35.5. The van der Waals surface area contributed by atoms with Gasteiger partial charge in [0.1, 0.15) is 5.82 Å². The number of sulfonamides is 1. The lowest BCUT2D eigenvalue weighted by Gasteiger charge is -2.11. The van der Waals surface area contributed by atoms with Gasteiger partial charge in [-0.3, -0.25) is 4.79 Å². The van der Waals surface area contributed by atoms with Crippen molar-refractivity contribution in [1.29, 1.82) is 0 Å². The second kappa shape index (κ2) is 7.29. The third kappa shape index (κ3) is 4.11. The second-order valence-electron chi connectivity index (χ2n) is 5.06. The van der Waals surface area contributed by atoms with E-state index in [4.69, 9.17) is 11.6 Å². The quantitative estimate of drug-likeness (QED) is 0.847. The predicted molar refractivity (Wildman–Crippen MR) is 91.4 cm³/mol. The number of anilines is 1. The van der Waals surface area contributed by atoms with Crippen LogP contribution in [0.3, 0.4) is 0 Å². The van der Waals surface area contributed by atoms with Crippen molar-refractivity contribution in [1.82, 2.24) is 4.72 Å². The van der Waals surface area contributed by atoms with Gasteiger partial charge in [0.2, 0.25) is 10.0 Å². The van der Waals surface area contributed by atoms with Crippen LogP contribution in [0.15, 0.2) is 41.3 Å². The fourth-order valence-electron chi connectivity index (χ4n) is 2.07. The first-order valence-corrected chi connectivity index (χ1v) is 8.97. The Hall–Kier alpha value is -1.96. The predicted octanol–water partition coefficient (Wildman–Crippen LogP) is 3.34. The fourth-order valence-corrected chi connectivity index (χ4v) is 3.29. The monoisotopic (exact) mass is 370 g/mol. The zero-order valence-corrected chi connectivity index (χ0v) is 14.6. The van der Waals surface area contributed by atoms with Crippen molar-refractivity contribution in [2.24, 2.45) is 0 Å². The number of amides is 1. The molecule has 0 unspecified atom stereocenters. The van der Waals surface area contributed by atoms with Crippen molar-refractivity contribution >= 4 is 33.2 Å². The Morgan fingerprint density at radius 3 is 2.54 bits per heavy atom. The summed E-state index contributed by atoms with van der Waals surface area (Å²) in [5.74, 6) is -1.29. The molecule has 24 heavy (non-hydrogen) atoms. The Morgan fingerprint density at radius 2 is 1.92 bits per heavy atom. The van der Waals surface area contributed by atoms with Crippen LogP contribution >= 0.6 is 11.6 Å². The highest BCUT2D eigenvalue weighted by Crippen LogP contribution is 2.21. The SMILES string of the molecule is CCNS(=O)(=O)c1ccc(C)c(C(=O)Nc2ccc(Cl)cc2F)c1. The number of hydrogen-bond donors (Lipinski definition) is 2. The number of carbonyl (C=O) groups is 1. The Morgan fingerprint density at radius 1 is 1.21 bits per heavy atom. The Labute approximate surface area is 144 Å². The van der Waals surface area contributed by atoms with Crippen molar-refractivity contribution in [3.8, 4) is 0 Å². The summed E-state index contributed by atoms with van der Waals surface area (Å²) in [6.45, 7) is 3.55. The van der Waals surface area contributed by atoms with Gasteiger partial charge in [-0.1, -0.05) is 24.6 Å². The lowest BCUT2D eigenvalue weighted by Crippen LogP contribution is -2.24. The topological polar surface area (TPSA) is 75.3 Å². The summed E-state index contributed by atoms with van der Waals surface area (Å²) in [4.78, 5) is 12.4. The van der Waals surface area contributed by atoms with Gasteiger partial charge in [-0.2, -0.15) is 0 Å². The van der Waals surface area contributed by atoms with Crippen LogP contribution in [0.1, 0.15) is 22.8 Å². The summed E-state index contributed by atoms with van der Waals surface area (Å²) in [7, 11) is -3.69. The van der Waals surface area contributed by atoms with Gasteiger partial charge in [0.15, 0.2) is 0 Å². The molecule has 0 aliphatic rings. The van der Waals surface area contributed by atoms with E-state index in [1.807, 2.05) is 0 Å². The molecule has 8 heteroatoms. The van der Waals surface area contributed by atoms with Crippen molar-refractivity contribution < 1.29 is 17.6 Å². The molecule has 0 fully saturated rings. The van der Waals surface area contributed by atoms with Crippen LogP contribution in [0.2, 0.25) is 5.02 Å². The third-order valence-electron chi connectivity index (χ3n) is 3.28. The van der Waals surface area contributed by atoms with Crippen molar-refractivity contribution in [2.45, 2.75) is 18.7 Å². The molecule has 0 aliphatic heterocycles. The number of nitrogens with one attached hydrogen (secondary N) is 2. The highest BCUT2D eigenvalue weighted by molar-refractivity contribution is 7.89. The summed E-state index contributed by atoms with van der Waals surface area (Å²) >= 11 is 5.67. The van der Waals surface area contributed by atoms with Crippen LogP contribution < -0.4 is 10.0 Å². The average Bonchev–Trinajstić information content (AvgIpc) is 2.50. The van der Waals surface area contributed by atoms with Gasteiger partial charge in [0.05, 0.1) is 10.6 Å². The molecule has 0 saturated heterocycles. The smallest absolute Gasteiger partial charge is 0.256 e. The van der Waals surface area contributed by atoms with E-state index in [0.29, 0.717) is 5.56 Å². The maximum atomic E-state index is 13.8. The van der Waals surface area contributed by atoms with Gasteiger partial charge < -0.3 is 5.32 Å². The highest BCUT2D eigenvalue weighted by Gasteiger charge is 2.18. The van der Waals surface area contributed by atoms with E-state index in [9.17, 15) is 17.6 Å². The first-order valence-electron chi connectivity index (χ1n) is 7.11. The minimum Gasteiger partial charge on any atom is -0.319 e. The molecule has 0 bridgehead atoms. The molecule has 0 spiro atoms. The molecule has 1 amide bonds. The fraction of sp³-hybridized carbons (Fsp3) is 0.188. The van der Waals surface area contributed by atoms with Crippen LogP contribution in [0, 0.1) is 12.7 Å². The number of benzene rings is 2. The van der Waals surface area contributed by atoms with Gasteiger partial charge in [-0.05, 0) is 42.8 Å². The van der Waals surface area contributed by atoms with Gasteiger partial charge in [0.25, 0.3) is 5.91 Å². The zero-order valence-electron chi connectivity index (χ0n) is 13.1. The normalized spacial score (nSPS) is 11.3. The second-order valence-corrected chi connectivity index (χ2v) is 7.26. The zero-order chi connectivity index (χ0) is 17.9. The minimum absolute atomic E-state index is 0.0309. The molecule has 2 aromatic carbocycles. The van der Waals surface area contributed by atoms with E-state index in [1.165, 1.54) is 30.3 Å². The molecule has 2 N–H and O–H groups in total. The first-order chi connectivity index (χ1) is 11.2. The van der Waals surface area contributed by atoms with E-state index < -0.39 is 21.7 Å². The standard InChI is InChI=1S/C16H16ClFN2O3S/c1-3-19-24(22,23)12-6-4-10(2)13(9-12)16(21)20-15-7-5-11(17)8-14(15)18/h4-9,19H,3H2,1-2H3,(H,20,21). The molecule has 0 radical (unpaired) electrons. The van der Waals surface area contributed by atoms with E-state index in [0.717, 1.165) is 6.07 Å². The number of carbonyl (C=O) groups excluding carboxylic acids is 1. The molecule has 2 rings (SSSR count). The minimum atomic E-state index is -3.69. The molecule has 5 nitrogen and oxygen atoms in total. The molecule has 0 aromatic heterocycles. The number of aryl methyl sites for hydroxylation is 1. The lowest BCUT2D eigenvalue weighted by molar-refractivity contribution is 0.102. The van der Waals surface area contributed by atoms with Crippen LogP contribution in [-0.2, 0) is 10.0 Å². The third-order valence-corrected chi connectivity index (χ3v) is 5.06. The Kier molecular flexibility index (Phi) is 5.58. The maximum Gasteiger partial charge on any atom is 0.256 e. The van der Waals surface area contributed by atoms with E-state index in [1.54, 1.807) is 13.8 Å². The number of hydrogen-bond acceptors (Lipinski definition) is 3. The van der Waals surface area contributed by atoms with Gasteiger partial charge in [0, 0.05) is 17.1 Å². The van der Waals surface area contributed by atoms with Crippen LogP contribution in [0.5, 0.6) is 0 Å². The number of halogens is 2. The van der Waals surface area contributed by atoms with Crippen molar-refractivity contribution in [2.75, 3.05) is 11.9 Å². The summed E-state index contributed by atoms with van der Waals surface area (Å²) in [5, 5.41) is 2.63. The van der Waals surface area contributed by atoms with Gasteiger partial charge >= 0.3 is 0 Å². The molecule has 0 aliphatic carbocycles. The van der Waals surface area contributed by atoms with Crippen molar-refractivity contribution in [3.63, 3.8) is 0 Å². The summed E-state index contributed by atoms with van der Waals surface area (Å²) < 4.78 is 40.2. The average molecular weight is 371 g/mol. The Balaban J connectivity index is 2.35. The number of rotatable bonds is 5. The van der Waals surface area contributed by atoms with Crippen LogP contribution in [0.25, 0.3) is 0 Å². The molecule has 128 valence electrons. The largest absolute Gasteiger partial charge is 0.319 e. The Bertz CT molecular complexity index is 885. The molecular weight excluding hydrogens is 355 g/mol. The van der Waals surface area contributed by atoms with Crippen LogP contribution in [0.4, 0.5) is 10.1 Å². The van der Waals surface area contributed by atoms with E-state index in [-0.39, 0.29) is 27.7 Å². The molecular formula is C16H16ClFN2O3S. The first kappa shape index (κ1) is 18.4. The van der Waals surface area contributed by atoms with Gasteiger partial charge in [-0.25, -0.2) is 17.5 Å². The van der Waals surface area contributed by atoms with Crippen LogP contribution in [-0.4, -0.2) is 20.9 Å². The molecule has 0 heterocycles. The van der Waals surface area contributed by atoms with Gasteiger partial charge in [-0.15, -0.1) is 0 Å². The molecule has 0 atom stereocenters. The summed E-state index contributed by atoms with van der Waals surface area (Å²) in [5.41, 5.74) is 0.671. The van der Waals surface area contributed by atoms with E-state index in [2.05, 4.69) is 10.0 Å². The lowest BCUT2D eigenvalue weighted by atomic mass is 10.1. The van der Waals surface area contributed by atoms with E-state index >= 15 is 0 Å². The summed E-state index contributed by atoms with van der Waals surface area (Å²) in [6, 6.07) is 8.06.